The van der Waals surface area contributed by atoms with Crippen molar-refractivity contribution in [3.8, 4) is 5.75 Å². The Morgan fingerprint density at radius 3 is 2.72 bits per heavy atom. The number of ether oxygens (including phenoxy) is 2. The van der Waals surface area contributed by atoms with E-state index in [4.69, 9.17) is 9.47 Å². The number of rotatable bonds is 5. The van der Waals surface area contributed by atoms with Gasteiger partial charge in [0.2, 0.25) is 0 Å². The van der Waals surface area contributed by atoms with Gasteiger partial charge in [0.05, 0.1) is 25.9 Å². The van der Waals surface area contributed by atoms with Crippen LogP contribution in [0.5, 0.6) is 5.75 Å². The van der Waals surface area contributed by atoms with Gasteiger partial charge in [-0.1, -0.05) is 19.1 Å². The molecule has 0 aromatic heterocycles. The van der Waals surface area contributed by atoms with Gasteiger partial charge in [-0.3, -0.25) is 4.79 Å². The second-order valence-electron chi connectivity index (χ2n) is 5.38. The average Bonchev–Trinajstić information content (AvgIpc) is 2.33. The van der Waals surface area contributed by atoms with Crippen molar-refractivity contribution in [1.29, 1.82) is 0 Å². The molecule has 0 amide bonds. The number of hydrogen-bond acceptors (Lipinski definition) is 3. The van der Waals surface area contributed by atoms with Crippen LogP contribution in [0.25, 0.3) is 0 Å². The number of carbonyl (C=O) groups is 1. The Morgan fingerprint density at radius 1 is 1.44 bits per heavy atom. The van der Waals surface area contributed by atoms with Gasteiger partial charge in [0, 0.05) is 11.8 Å². The zero-order chi connectivity index (χ0) is 13.2. The van der Waals surface area contributed by atoms with Crippen molar-refractivity contribution in [2.45, 2.75) is 26.7 Å². The van der Waals surface area contributed by atoms with Crippen molar-refractivity contribution in [2.24, 2.45) is 5.41 Å². The molecule has 98 valence electrons. The SMILES string of the molecule is COc1c(C)cccc1C(=O)CCC1(C)COC1. The third-order valence-corrected chi connectivity index (χ3v) is 3.57. The molecule has 1 aliphatic heterocycles. The van der Waals surface area contributed by atoms with E-state index >= 15 is 0 Å². The lowest BCUT2D eigenvalue weighted by Crippen LogP contribution is -2.39. The van der Waals surface area contributed by atoms with Crippen LogP contribution in [0.15, 0.2) is 18.2 Å². The molecule has 2 rings (SSSR count). The van der Waals surface area contributed by atoms with Gasteiger partial charge in [0.25, 0.3) is 0 Å². The summed E-state index contributed by atoms with van der Waals surface area (Å²) >= 11 is 0. The second-order valence-corrected chi connectivity index (χ2v) is 5.38. The largest absolute Gasteiger partial charge is 0.496 e. The van der Waals surface area contributed by atoms with E-state index in [-0.39, 0.29) is 11.2 Å². The molecule has 0 bridgehead atoms. The van der Waals surface area contributed by atoms with Crippen LogP contribution in [0.3, 0.4) is 0 Å². The molecule has 1 heterocycles. The fourth-order valence-electron chi connectivity index (χ4n) is 2.29. The highest BCUT2D eigenvalue weighted by Crippen LogP contribution is 2.33. The molecular weight excluding hydrogens is 228 g/mol. The number of methoxy groups -OCH3 is 1. The molecule has 18 heavy (non-hydrogen) atoms. The van der Waals surface area contributed by atoms with Gasteiger partial charge in [-0.25, -0.2) is 0 Å². The van der Waals surface area contributed by atoms with Crippen molar-refractivity contribution in [3.05, 3.63) is 29.3 Å². The minimum atomic E-state index is 0.156. The van der Waals surface area contributed by atoms with E-state index in [1.807, 2.05) is 25.1 Å². The lowest BCUT2D eigenvalue weighted by Gasteiger charge is -2.38. The number of Topliss-reactive ketones (excluding diaryl/α,β-unsaturated/α-hetero) is 1. The number of carbonyl (C=O) groups excluding carboxylic acids is 1. The monoisotopic (exact) mass is 248 g/mol. The molecule has 0 radical (unpaired) electrons. The molecule has 1 saturated heterocycles. The Balaban J connectivity index is 2.06. The molecule has 0 unspecified atom stereocenters. The lowest BCUT2D eigenvalue weighted by atomic mass is 9.82. The van der Waals surface area contributed by atoms with E-state index in [1.54, 1.807) is 7.11 Å². The van der Waals surface area contributed by atoms with E-state index in [1.165, 1.54) is 0 Å². The first-order chi connectivity index (χ1) is 8.56. The Labute approximate surface area is 108 Å². The van der Waals surface area contributed by atoms with E-state index in [0.717, 1.165) is 25.2 Å². The van der Waals surface area contributed by atoms with Gasteiger partial charge < -0.3 is 9.47 Å². The van der Waals surface area contributed by atoms with Gasteiger partial charge >= 0.3 is 0 Å². The van der Waals surface area contributed by atoms with Crippen LogP contribution in [-0.2, 0) is 4.74 Å². The van der Waals surface area contributed by atoms with Crippen molar-refractivity contribution >= 4 is 5.78 Å². The first kappa shape index (κ1) is 13.1. The molecule has 3 nitrogen and oxygen atoms in total. The van der Waals surface area contributed by atoms with Crippen LogP contribution in [-0.4, -0.2) is 26.1 Å². The van der Waals surface area contributed by atoms with Gasteiger partial charge in [0.15, 0.2) is 5.78 Å². The minimum absolute atomic E-state index is 0.156. The molecule has 1 aromatic rings. The second kappa shape index (κ2) is 5.11. The van der Waals surface area contributed by atoms with Crippen LogP contribution in [0.2, 0.25) is 0 Å². The van der Waals surface area contributed by atoms with E-state index in [2.05, 4.69) is 6.92 Å². The summed E-state index contributed by atoms with van der Waals surface area (Å²) in [6, 6.07) is 5.70. The molecule has 0 spiro atoms. The zero-order valence-electron chi connectivity index (χ0n) is 11.3. The number of aryl methyl sites for hydroxylation is 1. The zero-order valence-corrected chi connectivity index (χ0v) is 11.3. The van der Waals surface area contributed by atoms with Crippen molar-refractivity contribution in [2.75, 3.05) is 20.3 Å². The predicted molar refractivity (Wildman–Crippen MR) is 70.2 cm³/mol. The molecule has 0 saturated carbocycles. The molecule has 1 fully saturated rings. The number of hydrogen-bond donors (Lipinski definition) is 0. The molecular formula is C15H20O3. The van der Waals surface area contributed by atoms with E-state index in [0.29, 0.717) is 17.7 Å². The van der Waals surface area contributed by atoms with Crippen LogP contribution in [0, 0.1) is 12.3 Å². The summed E-state index contributed by atoms with van der Waals surface area (Å²) < 4.78 is 10.5. The van der Waals surface area contributed by atoms with Crippen LogP contribution in [0.4, 0.5) is 0 Å². The Bertz CT molecular complexity index is 447. The highest BCUT2D eigenvalue weighted by atomic mass is 16.5. The lowest BCUT2D eigenvalue weighted by molar-refractivity contribution is -0.105. The Morgan fingerprint density at radius 2 is 2.17 bits per heavy atom. The number of para-hydroxylation sites is 1. The minimum Gasteiger partial charge on any atom is -0.496 e. The predicted octanol–water partition coefficient (Wildman–Crippen LogP) is 3.00. The average molecular weight is 248 g/mol. The number of benzene rings is 1. The highest BCUT2D eigenvalue weighted by molar-refractivity contribution is 5.99. The van der Waals surface area contributed by atoms with Crippen molar-refractivity contribution in [3.63, 3.8) is 0 Å². The number of ketones is 1. The summed E-state index contributed by atoms with van der Waals surface area (Å²) in [6.07, 6.45) is 1.43. The molecule has 3 heteroatoms. The van der Waals surface area contributed by atoms with Crippen LogP contribution in [0.1, 0.15) is 35.7 Å². The van der Waals surface area contributed by atoms with Gasteiger partial charge in [0.1, 0.15) is 5.75 Å². The fourth-order valence-corrected chi connectivity index (χ4v) is 2.29. The topological polar surface area (TPSA) is 35.5 Å². The van der Waals surface area contributed by atoms with Crippen LogP contribution >= 0.6 is 0 Å². The molecule has 0 aliphatic carbocycles. The summed E-state index contributed by atoms with van der Waals surface area (Å²) in [5.74, 6) is 0.862. The third kappa shape index (κ3) is 2.56. The smallest absolute Gasteiger partial charge is 0.166 e. The van der Waals surface area contributed by atoms with Crippen molar-refractivity contribution in [1.82, 2.24) is 0 Å². The standard InChI is InChI=1S/C15H20O3/c1-11-5-4-6-12(14(11)17-3)13(16)7-8-15(2)9-18-10-15/h4-6H,7-10H2,1-3H3. The Kier molecular flexibility index (Phi) is 3.71. The van der Waals surface area contributed by atoms with E-state index in [9.17, 15) is 4.79 Å². The quantitative estimate of drug-likeness (QED) is 0.751. The molecule has 0 atom stereocenters. The summed E-state index contributed by atoms with van der Waals surface area (Å²) in [5.41, 5.74) is 1.88. The highest BCUT2D eigenvalue weighted by Gasteiger charge is 2.33. The fraction of sp³-hybridized carbons (Fsp3) is 0.533. The third-order valence-electron chi connectivity index (χ3n) is 3.57. The maximum Gasteiger partial charge on any atom is 0.166 e. The maximum atomic E-state index is 12.2. The van der Waals surface area contributed by atoms with Gasteiger partial charge in [-0.15, -0.1) is 0 Å². The first-order valence-electron chi connectivity index (χ1n) is 6.30. The van der Waals surface area contributed by atoms with Gasteiger partial charge in [-0.05, 0) is 25.0 Å². The van der Waals surface area contributed by atoms with Crippen LogP contribution < -0.4 is 4.74 Å². The Hall–Kier alpha value is -1.35. The summed E-state index contributed by atoms with van der Waals surface area (Å²) in [6.45, 7) is 5.66. The molecule has 0 N–H and O–H groups in total. The van der Waals surface area contributed by atoms with Gasteiger partial charge in [-0.2, -0.15) is 0 Å². The van der Waals surface area contributed by atoms with Crippen molar-refractivity contribution < 1.29 is 14.3 Å². The summed E-state index contributed by atoms with van der Waals surface area (Å²) in [7, 11) is 1.61. The summed E-state index contributed by atoms with van der Waals surface area (Å²) in [4.78, 5) is 12.2. The normalized spacial score (nSPS) is 17.1. The molecule has 1 aliphatic rings. The first-order valence-corrected chi connectivity index (χ1v) is 6.30. The van der Waals surface area contributed by atoms with E-state index < -0.39 is 0 Å². The maximum absolute atomic E-state index is 12.2. The summed E-state index contributed by atoms with van der Waals surface area (Å²) in [5, 5.41) is 0. The molecule has 1 aromatic carbocycles.